The van der Waals surface area contributed by atoms with Gasteiger partial charge in [0.05, 0.1) is 12.8 Å². The first-order valence-electron chi connectivity index (χ1n) is 12.0. The van der Waals surface area contributed by atoms with Crippen molar-refractivity contribution in [3.63, 3.8) is 0 Å². The fourth-order valence-corrected chi connectivity index (χ4v) is 4.78. The molecule has 1 saturated heterocycles. The highest BCUT2D eigenvalue weighted by atomic mass is 35.5. The first kappa shape index (κ1) is 28.0. The summed E-state index contributed by atoms with van der Waals surface area (Å²) in [4.78, 5) is 39.7. The molecule has 0 unspecified atom stereocenters. The number of nitrogens with zero attached hydrogens (tertiary/aromatic N) is 1. The molecule has 0 saturated carbocycles. The monoisotopic (exact) mass is 564 g/mol. The Labute approximate surface area is 236 Å². The number of anilines is 1. The SMILES string of the molecule is C=CCc1cc(/C=C2\C(=O)NC(=O)N(c3cc(C)cc(C)c3)C2=O)cc(OC)c1OCc1ccc(Cl)cc1Cl. The number of hydrogen-bond donors (Lipinski definition) is 1. The number of urea groups is 1. The Morgan fingerprint density at radius 2 is 1.69 bits per heavy atom. The summed E-state index contributed by atoms with van der Waals surface area (Å²) >= 11 is 12.3. The lowest BCUT2D eigenvalue weighted by molar-refractivity contribution is -0.122. The lowest BCUT2D eigenvalue weighted by atomic mass is 10.0. The molecule has 1 N–H and O–H groups in total. The zero-order chi connectivity index (χ0) is 28.3. The number of halogens is 2. The highest BCUT2D eigenvalue weighted by Gasteiger charge is 2.37. The number of rotatable bonds is 8. The van der Waals surface area contributed by atoms with Gasteiger partial charge in [-0.3, -0.25) is 14.9 Å². The van der Waals surface area contributed by atoms with Crippen molar-refractivity contribution in [1.29, 1.82) is 0 Å². The molecule has 200 valence electrons. The molecule has 4 rings (SSSR count). The van der Waals surface area contributed by atoms with Gasteiger partial charge in [-0.15, -0.1) is 6.58 Å². The van der Waals surface area contributed by atoms with Crippen molar-refractivity contribution in [3.8, 4) is 11.5 Å². The summed E-state index contributed by atoms with van der Waals surface area (Å²) in [6, 6.07) is 13.1. The first-order chi connectivity index (χ1) is 18.6. The van der Waals surface area contributed by atoms with Gasteiger partial charge >= 0.3 is 6.03 Å². The second-order valence-corrected chi connectivity index (χ2v) is 9.88. The van der Waals surface area contributed by atoms with E-state index in [2.05, 4.69) is 11.9 Å². The van der Waals surface area contributed by atoms with Crippen LogP contribution in [0.25, 0.3) is 6.08 Å². The number of allylic oxidation sites excluding steroid dienone is 1. The predicted octanol–water partition coefficient (Wildman–Crippen LogP) is 6.59. The normalized spacial score (nSPS) is 14.4. The van der Waals surface area contributed by atoms with Crippen LogP contribution in [-0.4, -0.2) is 25.0 Å². The van der Waals surface area contributed by atoms with Crippen molar-refractivity contribution in [2.24, 2.45) is 0 Å². The molecular formula is C30H26Cl2N2O5. The van der Waals surface area contributed by atoms with Crippen molar-refractivity contribution in [1.82, 2.24) is 5.32 Å². The molecule has 1 fully saturated rings. The molecule has 1 aliphatic heterocycles. The topological polar surface area (TPSA) is 84.9 Å². The fraction of sp³-hybridized carbons (Fsp3) is 0.167. The van der Waals surface area contributed by atoms with Crippen LogP contribution in [0.5, 0.6) is 11.5 Å². The average Bonchev–Trinajstić information content (AvgIpc) is 2.86. The van der Waals surface area contributed by atoms with Crippen molar-refractivity contribution in [2.75, 3.05) is 12.0 Å². The first-order valence-corrected chi connectivity index (χ1v) is 12.7. The van der Waals surface area contributed by atoms with Crippen LogP contribution in [0.1, 0.15) is 27.8 Å². The van der Waals surface area contributed by atoms with Gasteiger partial charge in [-0.1, -0.05) is 41.4 Å². The molecule has 7 nitrogen and oxygen atoms in total. The summed E-state index contributed by atoms with van der Waals surface area (Å²) in [7, 11) is 1.49. The van der Waals surface area contributed by atoms with E-state index in [9.17, 15) is 14.4 Å². The molecule has 1 heterocycles. The summed E-state index contributed by atoms with van der Waals surface area (Å²) in [6.07, 6.45) is 3.55. The Bertz CT molecular complexity index is 1510. The smallest absolute Gasteiger partial charge is 0.335 e. The second-order valence-electron chi connectivity index (χ2n) is 9.03. The number of ether oxygens (including phenoxy) is 2. The minimum atomic E-state index is -0.804. The molecule has 1 aliphatic rings. The quantitative estimate of drug-likeness (QED) is 0.189. The molecule has 3 aromatic carbocycles. The highest BCUT2D eigenvalue weighted by molar-refractivity contribution is 6.39. The maximum absolute atomic E-state index is 13.4. The molecule has 9 heteroatoms. The molecule has 0 spiro atoms. The Morgan fingerprint density at radius 3 is 2.33 bits per heavy atom. The molecule has 0 aliphatic carbocycles. The molecular weight excluding hydrogens is 539 g/mol. The van der Waals surface area contributed by atoms with Gasteiger partial charge in [0.2, 0.25) is 0 Å². The Hall–Kier alpha value is -4.07. The van der Waals surface area contributed by atoms with Crippen LogP contribution >= 0.6 is 23.2 Å². The summed E-state index contributed by atoms with van der Waals surface area (Å²) in [5, 5.41) is 3.25. The van der Waals surface area contributed by atoms with Gasteiger partial charge in [-0.25, -0.2) is 9.69 Å². The zero-order valence-corrected chi connectivity index (χ0v) is 23.2. The molecule has 39 heavy (non-hydrogen) atoms. The van der Waals surface area contributed by atoms with Crippen LogP contribution in [0.4, 0.5) is 10.5 Å². The molecule has 0 radical (unpaired) electrons. The number of nitrogens with one attached hydrogen (secondary N) is 1. The van der Waals surface area contributed by atoms with Crippen LogP contribution in [-0.2, 0) is 22.6 Å². The predicted molar refractivity (Wildman–Crippen MR) is 153 cm³/mol. The van der Waals surface area contributed by atoms with Crippen molar-refractivity contribution in [3.05, 3.63) is 105 Å². The number of barbiturate groups is 1. The van der Waals surface area contributed by atoms with Gasteiger partial charge in [0, 0.05) is 21.2 Å². The number of methoxy groups -OCH3 is 1. The van der Waals surface area contributed by atoms with Gasteiger partial charge in [-0.05, 0) is 79.4 Å². The minimum absolute atomic E-state index is 0.158. The summed E-state index contributed by atoms with van der Waals surface area (Å²) in [5.41, 5.74) is 3.90. The third kappa shape index (κ3) is 6.16. The number of benzene rings is 3. The number of aryl methyl sites for hydroxylation is 2. The summed E-state index contributed by atoms with van der Waals surface area (Å²) in [6.45, 7) is 7.71. The van der Waals surface area contributed by atoms with E-state index in [4.69, 9.17) is 32.7 Å². The Morgan fingerprint density at radius 1 is 0.974 bits per heavy atom. The minimum Gasteiger partial charge on any atom is -0.493 e. The third-order valence-electron chi connectivity index (χ3n) is 6.00. The number of carbonyl (C=O) groups is 3. The molecule has 0 bridgehead atoms. The van der Waals surface area contributed by atoms with E-state index in [1.54, 1.807) is 48.5 Å². The number of carbonyl (C=O) groups excluding carboxylic acids is 3. The van der Waals surface area contributed by atoms with E-state index in [0.29, 0.717) is 44.8 Å². The second kappa shape index (κ2) is 11.8. The van der Waals surface area contributed by atoms with E-state index in [-0.39, 0.29) is 12.2 Å². The Balaban J connectivity index is 1.71. The lowest BCUT2D eigenvalue weighted by Crippen LogP contribution is -2.54. The average molecular weight is 565 g/mol. The number of imide groups is 2. The van der Waals surface area contributed by atoms with E-state index in [1.807, 2.05) is 19.9 Å². The van der Waals surface area contributed by atoms with Crippen molar-refractivity contribution < 1.29 is 23.9 Å². The lowest BCUT2D eigenvalue weighted by Gasteiger charge is -2.27. The van der Waals surface area contributed by atoms with Crippen molar-refractivity contribution >= 4 is 52.8 Å². The fourth-order valence-electron chi connectivity index (χ4n) is 4.32. The van der Waals surface area contributed by atoms with E-state index in [0.717, 1.165) is 21.6 Å². The van der Waals surface area contributed by atoms with Crippen LogP contribution < -0.4 is 19.7 Å². The maximum Gasteiger partial charge on any atom is 0.335 e. The molecule has 3 aromatic rings. The van der Waals surface area contributed by atoms with E-state index < -0.39 is 17.8 Å². The summed E-state index contributed by atoms with van der Waals surface area (Å²) in [5.74, 6) is -0.655. The van der Waals surface area contributed by atoms with Crippen LogP contribution in [0.15, 0.2) is 66.8 Å². The summed E-state index contributed by atoms with van der Waals surface area (Å²) < 4.78 is 11.7. The van der Waals surface area contributed by atoms with Gasteiger partial charge < -0.3 is 9.47 Å². The standard InChI is InChI=1S/C30H26Cl2N2O5/c1-5-6-20-12-19(14-26(38-4)27(20)39-16-21-7-8-22(31)15-25(21)32)13-24-28(35)33-30(37)34(29(24)36)23-10-17(2)9-18(3)11-23/h5,7-15H,1,6,16H2,2-4H3,(H,33,35,37)/b24-13+. The van der Waals surface area contributed by atoms with E-state index >= 15 is 0 Å². The third-order valence-corrected chi connectivity index (χ3v) is 6.59. The highest BCUT2D eigenvalue weighted by Crippen LogP contribution is 2.36. The van der Waals surface area contributed by atoms with Crippen LogP contribution in [0, 0.1) is 13.8 Å². The van der Waals surface area contributed by atoms with Gasteiger partial charge in [0.15, 0.2) is 11.5 Å². The van der Waals surface area contributed by atoms with Crippen LogP contribution in [0.2, 0.25) is 10.0 Å². The van der Waals surface area contributed by atoms with E-state index in [1.165, 1.54) is 13.2 Å². The van der Waals surface area contributed by atoms with Gasteiger partial charge in [-0.2, -0.15) is 0 Å². The maximum atomic E-state index is 13.4. The largest absolute Gasteiger partial charge is 0.493 e. The molecule has 4 amide bonds. The molecule has 0 aromatic heterocycles. The number of hydrogen-bond acceptors (Lipinski definition) is 5. The number of amides is 4. The zero-order valence-electron chi connectivity index (χ0n) is 21.6. The molecule has 0 atom stereocenters. The van der Waals surface area contributed by atoms with Crippen molar-refractivity contribution in [2.45, 2.75) is 26.9 Å². The van der Waals surface area contributed by atoms with Crippen LogP contribution in [0.3, 0.4) is 0 Å². The van der Waals surface area contributed by atoms with Gasteiger partial charge in [0.1, 0.15) is 12.2 Å². The Kier molecular flexibility index (Phi) is 8.43. The van der Waals surface area contributed by atoms with Gasteiger partial charge in [0.25, 0.3) is 11.8 Å².